The molecule has 3 rings (SSSR count). The second kappa shape index (κ2) is 6.43. The summed E-state index contributed by atoms with van der Waals surface area (Å²) in [5, 5.41) is 7.93. The van der Waals surface area contributed by atoms with Crippen LogP contribution in [0.2, 0.25) is 5.02 Å². The molecule has 112 valence electrons. The lowest BCUT2D eigenvalue weighted by atomic mass is 10.2. The Balaban J connectivity index is 1.64. The van der Waals surface area contributed by atoms with Crippen LogP contribution >= 0.6 is 11.6 Å². The average Bonchev–Trinajstić information content (AvgIpc) is 2.96. The third-order valence-corrected chi connectivity index (χ3v) is 3.79. The van der Waals surface area contributed by atoms with Crippen molar-refractivity contribution in [3.63, 3.8) is 0 Å². The Morgan fingerprint density at radius 3 is 3.14 bits per heavy atom. The van der Waals surface area contributed by atoms with Crippen molar-refractivity contribution in [2.45, 2.75) is 12.6 Å². The van der Waals surface area contributed by atoms with Gasteiger partial charge < -0.3 is 14.6 Å². The number of halogens is 1. The molecule has 0 bridgehead atoms. The second-order valence-electron chi connectivity index (χ2n) is 4.97. The molecular formula is C14H17ClN4O2. The van der Waals surface area contributed by atoms with Gasteiger partial charge >= 0.3 is 0 Å². The zero-order valence-corrected chi connectivity index (χ0v) is 12.5. The zero-order valence-electron chi connectivity index (χ0n) is 11.8. The Morgan fingerprint density at radius 1 is 1.48 bits per heavy atom. The molecule has 21 heavy (non-hydrogen) atoms. The van der Waals surface area contributed by atoms with Crippen molar-refractivity contribution in [1.29, 1.82) is 0 Å². The van der Waals surface area contributed by atoms with Crippen LogP contribution in [-0.4, -0.2) is 41.7 Å². The summed E-state index contributed by atoms with van der Waals surface area (Å²) in [4.78, 5) is 6.61. The molecule has 0 saturated carbocycles. The second-order valence-corrected chi connectivity index (χ2v) is 5.37. The van der Waals surface area contributed by atoms with Crippen molar-refractivity contribution in [2.75, 3.05) is 26.7 Å². The van der Waals surface area contributed by atoms with E-state index in [0.717, 1.165) is 19.6 Å². The highest BCUT2D eigenvalue weighted by Crippen LogP contribution is 2.24. The number of ether oxygens (including phenoxy) is 1. The van der Waals surface area contributed by atoms with E-state index in [4.69, 9.17) is 20.9 Å². The summed E-state index contributed by atoms with van der Waals surface area (Å²) >= 11 is 6.03. The van der Waals surface area contributed by atoms with E-state index in [-0.39, 0.29) is 12.6 Å². The quantitative estimate of drug-likeness (QED) is 0.930. The predicted octanol–water partition coefficient (Wildman–Crippen LogP) is 1.88. The Bertz CT molecular complexity index is 604. The maximum atomic E-state index is 6.03. The molecule has 1 N–H and O–H groups in total. The average molecular weight is 309 g/mol. The minimum Gasteiger partial charge on any atom is -0.482 e. The van der Waals surface area contributed by atoms with Crippen molar-refractivity contribution < 1.29 is 9.26 Å². The molecule has 2 heterocycles. The predicted molar refractivity (Wildman–Crippen MR) is 78.3 cm³/mol. The molecule has 1 atom stereocenters. The van der Waals surface area contributed by atoms with E-state index in [1.165, 1.54) is 0 Å². The van der Waals surface area contributed by atoms with E-state index in [2.05, 4.69) is 27.4 Å². The van der Waals surface area contributed by atoms with E-state index < -0.39 is 0 Å². The van der Waals surface area contributed by atoms with Gasteiger partial charge in [-0.15, -0.1) is 0 Å². The molecule has 1 saturated heterocycles. The lowest BCUT2D eigenvalue weighted by molar-refractivity contribution is 0.189. The van der Waals surface area contributed by atoms with Gasteiger partial charge in [-0.05, 0) is 19.2 Å². The molecule has 1 aromatic carbocycles. The highest BCUT2D eigenvalue weighted by Gasteiger charge is 2.25. The Labute approximate surface area is 128 Å². The number of benzene rings is 1. The van der Waals surface area contributed by atoms with Gasteiger partial charge in [0.15, 0.2) is 12.4 Å². The highest BCUT2D eigenvalue weighted by atomic mass is 35.5. The summed E-state index contributed by atoms with van der Waals surface area (Å²) in [6, 6.07) is 7.43. The molecule has 1 aliphatic rings. The normalized spacial score (nSPS) is 19.6. The lowest BCUT2D eigenvalue weighted by Gasteiger charge is -2.30. The smallest absolute Gasteiger partial charge is 0.264 e. The molecule has 1 unspecified atom stereocenters. The van der Waals surface area contributed by atoms with E-state index in [1.807, 2.05) is 12.1 Å². The van der Waals surface area contributed by atoms with Gasteiger partial charge in [0.25, 0.3) is 5.89 Å². The van der Waals surface area contributed by atoms with Gasteiger partial charge in [0.05, 0.1) is 11.1 Å². The number of hydrogen-bond acceptors (Lipinski definition) is 6. The molecule has 2 aromatic rings. The fourth-order valence-electron chi connectivity index (χ4n) is 2.26. The zero-order chi connectivity index (χ0) is 14.7. The first-order valence-corrected chi connectivity index (χ1v) is 7.22. The number of hydrogen-bond donors (Lipinski definition) is 1. The Hall–Kier alpha value is -1.63. The van der Waals surface area contributed by atoms with Gasteiger partial charge in [-0.1, -0.05) is 28.9 Å². The van der Waals surface area contributed by atoms with Gasteiger partial charge in [0.2, 0.25) is 0 Å². The van der Waals surface area contributed by atoms with Crippen LogP contribution < -0.4 is 10.1 Å². The first-order valence-electron chi connectivity index (χ1n) is 6.85. The molecule has 0 amide bonds. The van der Waals surface area contributed by atoms with Gasteiger partial charge in [-0.3, -0.25) is 4.90 Å². The number of piperazine rings is 1. The number of aromatic nitrogens is 2. The van der Waals surface area contributed by atoms with Crippen LogP contribution in [-0.2, 0) is 6.61 Å². The number of para-hydroxylation sites is 1. The van der Waals surface area contributed by atoms with Crippen LogP contribution in [0.3, 0.4) is 0 Å². The Kier molecular flexibility index (Phi) is 4.38. The third-order valence-electron chi connectivity index (χ3n) is 3.48. The minimum atomic E-state index is 0.136. The summed E-state index contributed by atoms with van der Waals surface area (Å²) in [5.41, 5.74) is 0. The summed E-state index contributed by atoms with van der Waals surface area (Å²) in [5.74, 6) is 1.74. The first-order chi connectivity index (χ1) is 10.2. The van der Waals surface area contributed by atoms with E-state index >= 15 is 0 Å². The van der Waals surface area contributed by atoms with E-state index in [9.17, 15) is 0 Å². The van der Waals surface area contributed by atoms with Crippen molar-refractivity contribution in [2.24, 2.45) is 0 Å². The van der Waals surface area contributed by atoms with Gasteiger partial charge in [0.1, 0.15) is 5.75 Å². The maximum absolute atomic E-state index is 6.03. The summed E-state index contributed by atoms with van der Waals surface area (Å²) in [6.45, 7) is 2.97. The van der Waals surface area contributed by atoms with Crippen molar-refractivity contribution in [3.05, 3.63) is 41.0 Å². The van der Waals surface area contributed by atoms with Crippen LogP contribution in [0, 0.1) is 0 Å². The van der Waals surface area contributed by atoms with Gasteiger partial charge in [-0.2, -0.15) is 4.98 Å². The van der Waals surface area contributed by atoms with Gasteiger partial charge in [0, 0.05) is 19.6 Å². The molecule has 1 fully saturated rings. The first kappa shape index (κ1) is 14.3. The molecular weight excluding hydrogens is 292 g/mol. The highest BCUT2D eigenvalue weighted by molar-refractivity contribution is 6.32. The van der Waals surface area contributed by atoms with Crippen LogP contribution in [0.15, 0.2) is 28.8 Å². The topological polar surface area (TPSA) is 63.4 Å². The monoisotopic (exact) mass is 308 g/mol. The van der Waals surface area contributed by atoms with Crippen LogP contribution in [0.5, 0.6) is 5.75 Å². The minimum absolute atomic E-state index is 0.136. The van der Waals surface area contributed by atoms with Crippen LogP contribution in [0.1, 0.15) is 17.8 Å². The summed E-state index contributed by atoms with van der Waals surface area (Å²) in [7, 11) is 2.06. The number of nitrogens with zero attached hydrogens (tertiary/aromatic N) is 3. The van der Waals surface area contributed by atoms with E-state index in [0.29, 0.717) is 22.5 Å². The largest absolute Gasteiger partial charge is 0.482 e. The third kappa shape index (κ3) is 3.34. The SMILES string of the molecule is CN1CCNCC1c1noc(COc2ccccc2Cl)n1. The number of likely N-dealkylation sites (N-methyl/N-ethyl adjacent to an activating group) is 1. The maximum Gasteiger partial charge on any atom is 0.264 e. The summed E-state index contributed by atoms with van der Waals surface area (Å²) in [6.07, 6.45) is 0. The molecule has 7 heteroatoms. The van der Waals surface area contributed by atoms with Crippen LogP contribution in [0.4, 0.5) is 0 Å². The Morgan fingerprint density at radius 2 is 2.33 bits per heavy atom. The standard InChI is InChI=1S/C14H17ClN4O2/c1-19-7-6-16-8-11(19)14-17-13(21-18-14)9-20-12-5-3-2-4-10(12)15/h2-5,11,16H,6-9H2,1H3. The van der Waals surface area contributed by atoms with Crippen molar-refractivity contribution >= 4 is 11.6 Å². The number of nitrogens with one attached hydrogen (secondary N) is 1. The summed E-state index contributed by atoms with van der Waals surface area (Å²) < 4.78 is 10.8. The molecule has 1 aliphatic heterocycles. The van der Waals surface area contributed by atoms with E-state index in [1.54, 1.807) is 12.1 Å². The molecule has 1 aromatic heterocycles. The van der Waals surface area contributed by atoms with Crippen molar-refractivity contribution in [1.82, 2.24) is 20.4 Å². The van der Waals surface area contributed by atoms with Crippen LogP contribution in [0.25, 0.3) is 0 Å². The fraction of sp³-hybridized carbons (Fsp3) is 0.429. The lowest BCUT2D eigenvalue weighted by Crippen LogP contribution is -2.44. The molecule has 0 spiro atoms. The fourth-order valence-corrected chi connectivity index (χ4v) is 2.45. The number of rotatable bonds is 4. The van der Waals surface area contributed by atoms with Crippen molar-refractivity contribution in [3.8, 4) is 5.75 Å². The molecule has 6 nitrogen and oxygen atoms in total. The molecule has 0 radical (unpaired) electrons. The van der Waals surface area contributed by atoms with Gasteiger partial charge in [-0.25, -0.2) is 0 Å². The molecule has 0 aliphatic carbocycles.